The quantitative estimate of drug-likeness (QED) is 0.435. The first-order valence-corrected chi connectivity index (χ1v) is 11.3. The fourth-order valence-electron chi connectivity index (χ4n) is 3.94. The molecular weight excluding hydrogens is 465 g/mol. The number of rotatable bonds is 9. The number of nitrogens with one attached hydrogen (secondary N) is 2. The van der Waals surface area contributed by atoms with Gasteiger partial charge in [0.15, 0.2) is 5.82 Å². The Balaban J connectivity index is 1.75. The van der Waals surface area contributed by atoms with Crippen molar-refractivity contribution in [3.05, 3.63) is 29.6 Å². The zero-order valence-electron chi connectivity index (χ0n) is 19.9. The van der Waals surface area contributed by atoms with Crippen LogP contribution in [-0.2, 0) is 22.6 Å². The van der Waals surface area contributed by atoms with E-state index in [0.29, 0.717) is 34.3 Å². The second-order valence-electron chi connectivity index (χ2n) is 8.43. The second kappa shape index (κ2) is 10.7. The monoisotopic (exact) mass is 494 g/mol. The molecule has 4 rings (SSSR count). The van der Waals surface area contributed by atoms with E-state index >= 15 is 0 Å². The first kappa shape index (κ1) is 25.1. The highest BCUT2D eigenvalue weighted by atomic mass is 19.4. The number of piperazine rings is 1. The van der Waals surface area contributed by atoms with E-state index in [-0.39, 0.29) is 25.8 Å². The zero-order chi connectivity index (χ0) is 25.0. The molecule has 0 spiro atoms. The Hall–Kier alpha value is -3.03. The van der Waals surface area contributed by atoms with Gasteiger partial charge in [-0.05, 0) is 26.0 Å². The van der Waals surface area contributed by atoms with E-state index in [1.807, 2.05) is 25.1 Å². The van der Waals surface area contributed by atoms with E-state index in [9.17, 15) is 13.2 Å². The number of anilines is 3. The van der Waals surface area contributed by atoms with Gasteiger partial charge in [-0.25, -0.2) is 9.97 Å². The fourth-order valence-corrected chi connectivity index (χ4v) is 3.94. The van der Waals surface area contributed by atoms with Crippen LogP contribution in [0.3, 0.4) is 0 Å². The number of nitrogens with zero attached hydrogens (tertiary/aromatic N) is 6. The molecule has 0 aromatic carbocycles. The van der Waals surface area contributed by atoms with E-state index < -0.39 is 12.8 Å². The van der Waals surface area contributed by atoms with Crippen molar-refractivity contribution in [2.75, 3.05) is 50.2 Å². The van der Waals surface area contributed by atoms with Crippen LogP contribution in [0.1, 0.15) is 18.3 Å². The zero-order valence-corrected chi connectivity index (χ0v) is 19.9. The Kier molecular flexibility index (Phi) is 7.67. The molecule has 1 atom stereocenters. The van der Waals surface area contributed by atoms with Crippen molar-refractivity contribution in [2.24, 2.45) is 0 Å². The number of methoxy groups -OCH3 is 1. The molecule has 0 saturated carbocycles. The third-order valence-electron chi connectivity index (χ3n) is 5.43. The first-order chi connectivity index (χ1) is 16.7. The number of fused-ring (bicyclic) bond motifs is 1. The Morgan fingerprint density at radius 3 is 2.77 bits per heavy atom. The number of hydrogen-bond donors (Lipinski definition) is 2. The minimum absolute atomic E-state index is 0.0829. The molecule has 2 N–H and O–H groups in total. The van der Waals surface area contributed by atoms with Gasteiger partial charge in [-0.1, -0.05) is 6.07 Å². The van der Waals surface area contributed by atoms with Crippen LogP contribution in [0.2, 0.25) is 0 Å². The molecule has 0 amide bonds. The van der Waals surface area contributed by atoms with Crippen molar-refractivity contribution in [3.8, 4) is 0 Å². The number of aryl methyl sites for hydroxylation is 1. The van der Waals surface area contributed by atoms with Crippen LogP contribution < -0.4 is 15.5 Å². The third-order valence-corrected chi connectivity index (χ3v) is 5.43. The van der Waals surface area contributed by atoms with E-state index in [1.165, 1.54) is 0 Å². The van der Waals surface area contributed by atoms with Gasteiger partial charge >= 0.3 is 6.18 Å². The smallest absolute Gasteiger partial charge is 0.378 e. The van der Waals surface area contributed by atoms with E-state index in [4.69, 9.17) is 19.4 Å². The predicted molar refractivity (Wildman–Crippen MR) is 125 cm³/mol. The molecule has 0 bridgehead atoms. The number of halogens is 3. The lowest BCUT2D eigenvalue weighted by molar-refractivity contribution is -0.174. The molecular formula is C22H29F3N8O2. The fraction of sp³-hybridized carbons (Fsp3) is 0.545. The molecule has 1 aliphatic heterocycles. The predicted octanol–water partition coefficient (Wildman–Crippen LogP) is 2.80. The van der Waals surface area contributed by atoms with Crippen LogP contribution in [-0.4, -0.2) is 76.9 Å². The SMILES string of the molecule is COCc1nn(CCOCC(F)(F)F)c2c(Nc3cccc(C)n3)nc(N3CCN[C@H](C)C3)nc12. The summed E-state index contributed by atoms with van der Waals surface area (Å²) in [4.78, 5) is 16.2. The standard InChI is InChI=1S/C22H29F3N8O2/c1-14-5-4-6-17(27-14)28-20-19-18(29-21(30-20)32-8-7-26-15(2)11-32)16(12-34-3)31-33(19)9-10-35-13-22(23,24)25/h4-6,15,26H,7-13H2,1-3H3,(H,27,28,29,30)/t15-/m1/s1. The normalized spacial score (nSPS) is 16.7. The Morgan fingerprint density at radius 1 is 1.23 bits per heavy atom. The molecule has 13 heteroatoms. The van der Waals surface area contributed by atoms with Crippen molar-refractivity contribution in [3.63, 3.8) is 0 Å². The lowest BCUT2D eigenvalue weighted by Crippen LogP contribution is -2.49. The molecule has 1 aliphatic rings. The largest absolute Gasteiger partial charge is 0.411 e. The van der Waals surface area contributed by atoms with Gasteiger partial charge in [-0.2, -0.15) is 23.3 Å². The minimum Gasteiger partial charge on any atom is -0.378 e. The van der Waals surface area contributed by atoms with Crippen molar-refractivity contribution in [1.82, 2.24) is 30.0 Å². The van der Waals surface area contributed by atoms with Crippen LogP contribution in [0.25, 0.3) is 11.0 Å². The maximum atomic E-state index is 12.5. The molecule has 1 fully saturated rings. The van der Waals surface area contributed by atoms with Gasteiger partial charge in [0, 0.05) is 38.5 Å². The molecule has 35 heavy (non-hydrogen) atoms. The number of hydrogen-bond acceptors (Lipinski definition) is 9. The topological polar surface area (TPSA) is 102 Å². The van der Waals surface area contributed by atoms with Crippen LogP contribution in [0.4, 0.5) is 30.8 Å². The minimum atomic E-state index is -4.39. The third kappa shape index (κ3) is 6.35. The highest BCUT2D eigenvalue weighted by Crippen LogP contribution is 2.29. The highest BCUT2D eigenvalue weighted by molar-refractivity contribution is 5.90. The van der Waals surface area contributed by atoms with Gasteiger partial charge < -0.3 is 25.0 Å². The van der Waals surface area contributed by atoms with E-state index in [0.717, 1.165) is 25.3 Å². The summed E-state index contributed by atoms with van der Waals surface area (Å²) in [6.45, 7) is 5.00. The Bertz CT molecular complexity index is 1150. The second-order valence-corrected chi connectivity index (χ2v) is 8.43. The number of aromatic nitrogens is 5. The maximum absolute atomic E-state index is 12.5. The van der Waals surface area contributed by atoms with Gasteiger partial charge in [-0.3, -0.25) is 4.68 Å². The average molecular weight is 495 g/mol. The summed E-state index contributed by atoms with van der Waals surface area (Å²) in [7, 11) is 1.55. The van der Waals surface area contributed by atoms with Crippen LogP contribution in [0, 0.1) is 6.92 Å². The number of ether oxygens (including phenoxy) is 2. The maximum Gasteiger partial charge on any atom is 0.411 e. The van der Waals surface area contributed by atoms with Gasteiger partial charge in [0.05, 0.1) is 19.8 Å². The molecule has 3 aromatic rings. The summed E-state index contributed by atoms with van der Waals surface area (Å²) < 4.78 is 49.3. The van der Waals surface area contributed by atoms with Gasteiger partial charge in [-0.15, -0.1) is 0 Å². The Labute approximate surface area is 200 Å². The van der Waals surface area contributed by atoms with E-state index in [1.54, 1.807) is 11.8 Å². The van der Waals surface area contributed by atoms with Gasteiger partial charge in [0.25, 0.3) is 0 Å². The Morgan fingerprint density at radius 2 is 2.06 bits per heavy atom. The summed E-state index contributed by atoms with van der Waals surface area (Å²) in [5.41, 5.74) is 2.49. The van der Waals surface area contributed by atoms with Crippen LogP contribution in [0.5, 0.6) is 0 Å². The van der Waals surface area contributed by atoms with Gasteiger partial charge in [0.1, 0.15) is 29.2 Å². The van der Waals surface area contributed by atoms with Crippen LogP contribution in [0.15, 0.2) is 18.2 Å². The lowest BCUT2D eigenvalue weighted by atomic mass is 10.2. The van der Waals surface area contributed by atoms with Gasteiger partial charge in [0.2, 0.25) is 5.95 Å². The van der Waals surface area contributed by atoms with Crippen molar-refractivity contribution in [2.45, 2.75) is 39.2 Å². The molecule has 0 aliphatic carbocycles. The summed E-state index contributed by atoms with van der Waals surface area (Å²) in [6.07, 6.45) is -4.39. The molecule has 1 saturated heterocycles. The summed E-state index contributed by atoms with van der Waals surface area (Å²) in [5, 5.41) is 11.2. The summed E-state index contributed by atoms with van der Waals surface area (Å²) >= 11 is 0. The molecule has 190 valence electrons. The molecule has 4 heterocycles. The number of alkyl halides is 3. The van der Waals surface area contributed by atoms with E-state index in [2.05, 4.69) is 32.5 Å². The molecule has 3 aromatic heterocycles. The summed E-state index contributed by atoms with van der Waals surface area (Å²) in [6, 6.07) is 5.84. The summed E-state index contributed by atoms with van der Waals surface area (Å²) in [5.74, 6) is 1.57. The van der Waals surface area contributed by atoms with Crippen molar-refractivity contribution < 1.29 is 22.6 Å². The average Bonchev–Trinajstić information content (AvgIpc) is 3.14. The number of pyridine rings is 1. The lowest BCUT2D eigenvalue weighted by Gasteiger charge is -2.32. The highest BCUT2D eigenvalue weighted by Gasteiger charge is 2.28. The van der Waals surface area contributed by atoms with Crippen molar-refractivity contribution >= 4 is 28.6 Å². The molecule has 10 nitrogen and oxygen atoms in total. The molecule has 0 unspecified atom stereocenters. The first-order valence-electron chi connectivity index (χ1n) is 11.3. The van der Waals surface area contributed by atoms with Crippen LogP contribution >= 0.6 is 0 Å². The van der Waals surface area contributed by atoms with Crippen molar-refractivity contribution in [1.29, 1.82) is 0 Å². The molecule has 0 radical (unpaired) electrons.